The van der Waals surface area contributed by atoms with Gasteiger partial charge in [-0.05, 0) is 31.2 Å². The average Bonchev–Trinajstić information content (AvgIpc) is 3.06. The van der Waals surface area contributed by atoms with Crippen LogP contribution in [0, 0.1) is 12.7 Å². The summed E-state index contributed by atoms with van der Waals surface area (Å²) in [5, 5.41) is 4.59. The normalized spacial score (nSPS) is 11.4. The highest BCUT2D eigenvalue weighted by atomic mass is 35.5. The minimum absolute atomic E-state index is 0.299. The van der Waals surface area contributed by atoms with Crippen LogP contribution in [-0.4, -0.2) is 19.6 Å². The van der Waals surface area contributed by atoms with E-state index in [1.54, 1.807) is 22.7 Å². The first kappa shape index (κ1) is 16.9. The molecule has 7 heteroatoms. The second kappa shape index (κ2) is 6.67. The van der Waals surface area contributed by atoms with Gasteiger partial charge in [0.05, 0.1) is 5.69 Å². The van der Waals surface area contributed by atoms with E-state index in [1.165, 1.54) is 12.1 Å². The average molecular weight is 387 g/mol. The van der Waals surface area contributed by atoms with E-state index in [-0.39, 0.29) is 5.82 Å². The number of rotatable bonds is 3. The van der Waals surface area contributed by atoms with E-state index in [0.29, 0.717) is 23.0 Å². The third-order valence-corrected chi connectivity index (χ3v) is 4.38. The van der Waals surface area contributed by atoms with Crippen LogP contribution in [0.5, 0.6) is 0 Å². The first-order valence-electron chi connectivity index (χ1n) is 7.90. The molecule has 0 aliphatic heterocycles. The fourth-order valence-electron chi connectivity index (χ4n) is 2.65. The van der Waals surface area contributed by atoms with Gasteiger partial charge in [-0.15, -0.1) is 0 Å². The van der Waals surface area contributed by atoms with Crippen LogP contribution < -0.4 is 0 Å². The van der Waals surface area contributed by atoms with Crippen molar-refractivity contribution in [2.24, 2.45) is 0 Å². The summed E-state index contributed by atoms with van der Waals surface area (Å²) in [6.45, 7) is 2.01. The fraction of sp³-hybridized carbons (Fsp3) is 0.105. The molecule has 4 nitrogen and oxygen atoms in total. The predicted octanol–water partition coefficient (Wildman–Crippen LogP) is 5.38. The van der Waals surface area contributed by atoms with Gasteiger partial charge in [0, 0.05) is 17.2 Å². The third-order valence-electron chi connectivity index (χ3n) is 3.99. The van der Waals surface area contributed by atoms with Crippen LogP contribution in [0.15, 0.2) is 54.6 Å². The molecule has 2 heterocycles. The van der Waals surface area contributed by atoms with Crippen LogP contribution in [0.25, 0.3) is 28.3 Å². The van der Waals surface area contributed by atoms with Gasteiger partial charge in [-0.3, -0.25) is 0 Å². The van der Waals surface area contributed by atoms with Crippen molar-refractivity contribution in [1.82, 2.24) is 19.6 Å². The zero-order valence-electron chi connectivity index (χ0n) is 13.7. The van der Waals surface area contributed by atoms with Gasteiger partial charge >= 0.3 is 0 Å². The summed E-state index contributed by atoms with van der Waals surface area (Å²) < 4.78 is 14.8. The number of nitrogens with zero attached hydrogens (tertiary/aromatic N) is 4. The van der Waals surface area contributed by atoms with Crippen molar-refractivity contribution in [3.8, 4) is 22.6 Å². The van der Waals surface area contributed by atoms with Crippen LogP contribution in [-0.2, 0) is 0 Å². The molecule has 4 aromatic rings. The molecule has 0 fully saturated rings. The number of aryl methyl sites for hydroxylation is 1. The Morgan fingerprint density at radius 1 is 0.923 bits per heavy atom. The summed E-state index contributed by atoms with van der Waals surface area (Å²) in [6, 6.07) is 15.8. The Labute approximate surface area is 159 Å². The van der Waals surface area contributed by atoms with Crippen molar-refractivity contribution < 1.29 is 4.39 Å². The Morgan fingerprint density at radius 3 is 2.23 bits per heavy atom. The SMILES string of the molecule is Cc1ccc(-c2nc(C(Cl)Cl)nc3cc(-c4ccc(F)cc4)nn23)cc1. The van der Waals surface area contributed by atoms with Gasteiger partial charge in [-0.2, -0.15) is 9.61 Å². The lowest BCUT2D eigenvalue weighted by atomic mass is 10.1. The lowest BCUT2D eigenvalue weighted by Crippen LogP contribution is -2.04. The summed E-state index contributed by atoms with van der Waals surface area (Å²) in [5.74, 6) is 0.596. The molecular weight excluding hydrogens is 374 g/mol. The Bertz CT molecular complexity index is 1070. The summed E-state index contributed by atoms with van der Waals surface area (Å²) in [5.41, 5.74) is 4.01. The molecule has 0 radical (unpaired) electrons. The number of fused-ring (bicyclic) bond motifs is 1. The van der Waals surface area contributed by atoms with Gasteiger partial charge in [-0.1, -0.05) is 53.0 Å². The molecule has 0 saturated carbocycles. The maximum absolute atomic E-state index is 13.2. The number of aromatic nitrogens is 4. The predicted molar refractivity (Wildman–Crippen MR) is 101 cm³/mol. The minimum atomic E-state index is -0.853. The van der Waals surface area contributed by atoms with Crippen molar-refractivity contribution in [3.63, 3.8) is 0 Å². The lowest BCUT2D eigenvalue weighted by Gasteiger charge is -2.07. The molecule has 0 spiro atoms. The molecule has 0 N–H and O–H groups in total. The monoisotopic (exact) mass is 386 g/mol. The number of halogens is 3. The van der Waals surface area contributed by atoms with Crippen LogP contribution in [0.3, 0.4) is 0 Å². The van der Waals surface area contributed by atoms with Gasteiger partial charge in [0.2, 0.25) is 0 Å². The number of hydrogen-bond acceptors (Lipinski definition) is 3. The summed E-state index contributed by atoms with van der Waals surface area (Å²) in [7, 11) is 0. The van der Waals surface area contributed by atoms with Crippen molar-refractivity contribution >= 4 is 28.8 Å². The maximum atomic E-state index is 13.2. The zero-order chi connectivity index (χ0) is 18.3. The number of alkyl halides is 2. The van der Waals surface area contributed by atoms with Crippen molar-refractivity contribution in [1.29, 1.82) is 0 Å². The van der Waals surface area contributed by atoms with Gasteiger partial charge in [0.15, 0.2) is 22.1 Å². The van der Waals surface area contributed by atoms with Gasteiger partial charge in [0.1, 0.15) is 5.82 Å². The van der Waals surface area contributed by atoms with E-state index in [2.05, 4.69) is 15.1 Å². The molecule has 2 aromatic carbocycles. The third kappa shape index (κ3) is 3.16. The van der Waals surface area contributed by atoms with Crippen LogP contribution >= 0.6 is 23.2 Å². The topological polar surface area (TPSA) is 43.1 Å². The zero-order valence-corrected chi connectivity index (χ0v) is 15.2. The van der Waals surface area contributed by atoms with E-state index in [4.69, 9.17) is 23.2 Å². The largest absolute Gasteiger partial charge is 0.211 e. The molecule has 0 atom stereocenters. The standard InChI is InChI=1S/C19H13Cl2FN4/c1-11-2-4-13(5-3-11)19-24-18(17(20)21)23-16-10-15(25-26(16)19)12-6-8-14(22)9-7-12/h2-10,17H,1H3. The summed E-state index contributed by atoms with van der Waals surface area (Å²) in [6.07, 6.45) is 0. The van der Waals surface area contributed by atoms with Crippen LogP contribution in [0.1, 0.15) is 16.2 Å². The highest BCUT2D eigenvalue weighted by Crippen LogP contribution is 2.28. The molecule has 0 aliphatic rings. The lowest BCUT2D eigenvalue weighted by molar-refractivity contribution is 0.628. The van der Waals surface area contributed by atoms with E-state index in [1.807, 2.05) is 31.2 Å². The van der Waals surface area contributed by atoms with Gasteiger partial charge < -0.3 is 0 Å². The summed E-state index contributed by atoms with van der Waals surface area (Å²) >= 11 is 12.0. The fourth-order valence-corrected chi connectivity index (χ4v) is 2.85. The highest BCUT2D eigenvalue weighted by molar-refractivity contribution is 6.43. The van der Waals surface area contributed by atoms with E-state index < -0.39 is 4.84 Å². The smallest absolute Gasteiger partial charge is 0.167 e. The quantitative estimate of drug-likeness (QED) is 0.443. The maximum Gasteiger partial charge on any atom is 0.167 e. The first-order chi connectivity index (χ1) is 12.5. The second-order valence-corrected chi connectivity index (χ2v) is 6.97. The summed E-state index contributed by atoms with van der Waals surface area (Å²) in [4.78, 5) is 8.03. The Morgan fingerprint density at radius 2 is 1.58 bits per heavy atom. The molecular formula is C19H13Cl2FN4. The molecule has 130 valence electrons. The molecule has 0 unspecified atom stereocenters. The van der Waals surface area contributed by atoms with Gasteiger partial charge in [0.25, 0.3) is 0 Å². The first-order valence-corrected chi connectivity index (χ1v) is 8.77. The molecule has 0 amide bonds. The molecule has 0 bridgehead atoms. The Balaban J connectivity index is 1.94. The molecule has 4 rings (SSSR count). The van der Waals surface area contributed by atoms with Crippen LogP contribution in [0.2, 0.25) is 0 Å². The van der Waals surface area contributed by atoms with Crippen molar-refractivity contribution in [2.75, 3.05) is 0 Å². The van der Waals surface area contributed by atoms with Crippen LogP contribution in [0.4, 0.5) is 4.39 Å². The Hall–Kier alpha value is -2.50. The molecule has 0 aliphatic carbocycles. The van der Waals surface area contributed by atoms with Crippen molar-refractivity contribution in [2.45, 2.75) is 11.8 Å². The second-order valence-electron chi connectivity index (χ2n) is 5.88. The Kier molecular flexibility index (Phi) is 4.34. The van der Waals surface area contributed by atoms with Crippen molar-refractivity contribution in [3.05, 3.63) is 71.8 Å². The number of hydrogen-bond donors (Lipinski definition) is 0. The van der Waals surface area contributed by atoms with E-state index in [0.717, 1.165) is 16.7 Å². The molecule has 0 saturated heterocycles. The van der Waals surface area contributed by atoms with Gasteiger partial charge in [-0.25, -0.2) is 14.4 Å². The molecule has 26 heavy (non-hydrogen) atoms. The highest BCUT2D eigenvalue weighted by Gasteiger charge is 2.17. The number of benzene rings is 2. The van der Waals surface area contributed by atoms with E-state index >= 15 is 0 Å². The van der Waals surface area contributed by atoms with E-state index in [9.17, 15) is 4.39 Å². The minimum Gasteiger partial charge on any atom is -0.211 e. The molecule has 2 aromatic heterocycles.